The number of isocyanates is 1. The minimum Gasteiger partial charge on any atom is -0.386 e. The van der Waals surface area contributed by atoms with Crippen LogP contribution >= 0.6 is 11.6 Å². The maximum Gasteiger partial charge on any atom is 0.237 e. The van der Waals surface area contributed by atoms with Gasteiger partial charge >= 0.3 is 0 Å². The maximum absolute atomic E-state index is 10.7. The summed E-state index contributed by atoms with van der Waals surface area (Å²) in [5.74, 6) is 0. The minimum absolute atomic E-state index is 0.430. The van der Waals surface area contributed by atoms with E-state index in [1.807, 2.05) is 32.9 Å². The number of rotatable bonds is 2. The highest BCUT2D eigenvalue weighted by Gasteiger charge is 2.48. The SMILES string of the molecule is CC(C)(C)O[C@@H]1Cc2ccccc2[C@](Cl)(N=C=O)[C@H]1O. The van der Waals surface area contributed by atoms with E-state index in [9.17, 15) is 9.90 Å². The first-order chi connectivity index (χ1) is 9.28. The van der Waals surface area contributed by atoms with Crippen LogP contribution in [0.15, 0.2) is 29.3 Å². The zero-order chi connectivity index (χ0) is 15.0. The van der Waals surface area contributed by atoms with Crippen molar-refractivity contribution in [3.05, 3.63) is 35.4 Å². The lowest BCUT2D eigenvalue weighted by molar-refractivity contribution is -0.124. The van der Waals surface area contributed by atoms with Gasteiger partial charge in [0.25, 0.3) is 0 Å². The Morgan fingerprint density at radius 1 is 1.45 bits per heavy atom. The third-order valence-electron chi connectivity index (χ3n) is 3.27. The Kier molecular flexibility index (Phi) is 4.03. The fourth-order valence-corrected chi connectivity index (χ4v) is 2.89. The molecule has 1 aliphatic rings. The number of carbonyl (C=O) groups excluding carboxylic acids is 1. The Morgan fingerprint density at radius 2 is 2.10 bits per heavy atom. The summed E-state index contributed by atoms with van der Waals surface area (Å²) in [7, 11) is 0. The molecular weight excluding hydrogens is 278 g/mol. The molecule has 1 N–H and O–H groups in total. The second-order valence-electron chi connectivity index (χ2n) is 5.95. The van der Waals surface area contributed by atoms with Crippen LogP contribution in [0, 0.1) is 0 Å². The number of aliphatic imine (C=N–C) groups is 1. The Morgan fingerprint density at radius 3 is 2.70 bits per heavy atom. The van der Waals surface area contributed by atoms with Crippen molar-refractivity contribution in [2.75, 3.05) is 0 Å². The van der Waals surface area contributed by atoms with E-state index in [0.29, 0.717) is 12.0 Å². The molecule has 1 aromatic carbocycles. The van der Waals surface area contributed by atoms with Crippen molar-refractivity contribution in [2.24, 2.45) is 4.99 Å². The number of alkyl halides is 1. The van der Waals surface area contributed by atoms with Gasteiger partial charge in [0.2, 0.25) is 6.08 Å². The molecule has 0 aromatic heterocycles. The van der Waals surface area contributed by atoms with Crippen LogP contribution in [0.4, 0.5) is 0 Å². The largest absolute Gasteiger partial charge is 0.386 e. The van der Waals surface area contributed by atoms with Crippen LogP contribution in [0.1, 0.15) is 31.9 Å². The maximum atomic E-state index is 10.7. The van der Waals surface area contributed by atoms with Crippen LogP contribution in [0.5, 0.6) is 0 Å². The molecular formula is C15H18ClNO3. The van der Waals surface area contributed by atoms with Crippen LogP contribution in [0.3, 0.4) is 0 Å². The summed E-state index contributed by atoms with van der Waals surface area (Å²) in [5, 5.41) is 10.5. The standard InChI is InChI=1S/C15H18ClNO3/c1-14(2,3)20-12-8-10-6-4-5-7-11(10)15(16,13(12)19)17-9-18/h4-7,12-13,19H,8H2,1-3H3/t12-,13+,15+/m1/s1. The van der Waals surface area contributed by atoms with Crippen molar-refractivity contribution < 1.29 is 14.6 Å². The number of aliphatic hydroxyl groups excluding tert-OH is 1. The van der Waals surface area contributed by atoms with Gasteiger partial charge in [-0.05, 0) is 26.3 Å². The molecule has 0 saturated carbocycles. The Hall–Kier alpha value is -1.19. The highest BCUT2D eigenvalue weighted by molar-refractivity contribution is 6.24. The number of nitrogens with zero attached hydrogens (tertiary/aromatic N) is 1. The van der Waals surface area contributed by atoms with Crippen molar-refractivity contribution in [3.63, 3.8) is 0 Å². The fourth-order valence-electron chi connectivity index (χ4n) is 2.53. The third-order valence-corrected chi connectivity index (χ3v) is 3.79. The molecule has 0 radical (unpaired) electrons. The fraction of sp³-hybridized carbons (Fsp3) is 0.533. The summed E-state index contributed by atoms with van der Waals surface area (Å²) < 4.78 is 5.87. The Balaban J connectivity index is 2.48. The molecule has 5 heteroatoms. The topological polar surface area (TPSA) is 58.9 Å². The van der Waals surface area contributed by atoms with Crippen molar-refractivity contribution >= 4 is 17.7 Å². The van der Waals surface area contributed by atoms with Gasteiger partial charge in [0, 0.05) is 12.0 Å². The molecule has 4 nitrogen and oxygen atoms in total. The van der Waals surface area contributed by atoms with E-state index in [4.69, 9.17) is 16.3 Å². The van der Waals surface area contributed by atoms with Gasteiger partial charge in [0.1, 0.15) is 6.10 Å². The predicted molar refractivity (Wildman–Crippen MR) is 76.4 cm³/mol. The van der Waals surface area contributed by atoms with Crippen molar-refractivity contribution in [2.45, 2.75) is 50.0 Å². The molecule has 0 heterocycles. The molecule has 0 unspecified atom stereocenters. The Bertz CT molecular complexity index is 548. The zero-order valence-electron chi connectivity index (χ0n) is 11.8. The highest BCUT2D eigenvalue weighted by Crippen LogP contribution is 2.43. The monoisotopic (exact) mass is 295 g/mol. The van der Waals surface area contributed by atoms with Gasteiger partial charge in [0.15, 0.2) is 5.00 Å². The lowest BCUT2D eigenvalue weighted by atomic mass is 9.83. The van der Waals surface area contributed by atoms with Gasteiger partial charge in [-0.15, -0.1) is 0 Å². The van der Waals surface area contributed by atoms with E-state index in [1.165, 1.54) is 6.08 Å². The minimum atomic E-state index is -1.54. The van der Waals surface area contributed by atoms with Gasteiger partial charge in [-0.2, -0.15) is 4.99 Å². The summed E-state index contributed by atoms with van der Waals surface area (Å²) in [6, 6.07) is 7.35. The lowest BCUT2D eigenvalue weighted by Crippen LogP contribution is -2.50. The Labute approximate surface area is 123 Å². The quantitative estimate of drug-likeness (QED) is 0.395. The van der Waals surface area contributed by atoms with Crippen molar-refractivity contribution in [1.29, 1.82) is 0 Å². The zero-order valence-corrected chi connectivity index (χ0v) is 12.5. The second kappa shape index (κ2) is 5.30. The number of fused-ring (bicyclic) bond motifs is 1. The molecule has 3 atom stereocenters. The van der Waals surface area contributed by atoms with E-state index in [0.717, 1.165) is 5.56 Å². The number of hydrogen-bond donors (Lipinski definition) is 1. The predicted octanol–water partition coefficient (Wildman–Crippen LogP) is 2.51. The van der Waals surface area contributed by atoms with Gasteiger partial charge in [0.05, 0.1) is 11.7 Å². The molecule has 2 rings (SSSR count). The van der Waals surface area contributed by atoms with Gasteiger partial charge in [-0.25, -0.2) is 4.79 Å². The number of halogens is 1. The highest BCUT2D eigenvalue weighted by atomic mass is 35.5. The van der Waals surface area contributed by atoms with E-state index >= 15 is 0 Å². The molecule has 0 amide bonds. The molecule has 0 bridgehead atoms. The average Bonchev–Trinajstić information content (AvgIpc) is 2.35. The number of aliphatic hydroxyl groups is 1. The molecule has 0 saturated heterocycles. The summed E-state index contributed by atoms with van der Waals surface area (Å²) in [5.41, 5.74) is 1.12. The van der Waals surface area contributed by atoms with Crippen LogP contribution in [-0.2, 0) is 21.0 Å². The van der Waals surface area contributed by atoms with Gasteiger partial charge < -0.3 is 9.84 Å². The van der Waals surface area contributed by atoms with Gasteiger partial charge in [-0.3, -0.25) is 0 Å². The lowest BCUT2D eigenvalue weighted by Gasteiger charge is -2.41. The van der Waals surface area contributed by atoms with E-state index in [2.05, 4.69) is 4.99 Å². The second-order valence-corrected chi connectivity index (χ2v) is 6.53. The van der Waals surface area contributed by atoms with Gasteiger partial charge in [-0.1, -0.05) is 35.9 Å². The van der Waals surface area contributed by atoms with Crippen LogP contribution in [0.25, 0.3) is 0 Å². The first-order valence-corrected chi connectivity index (χ1v) is 6.88. The van der Waals surface area contributed by atoms with Crippen LogP contribution < -0.4 is 0 Å². The first kappa shape index (κ1) is 15.2. The number of hydrogen-bond acceptors (Lipinski definition) is 4. The molecule has 20 heavy (non-hydrogen) atoms. The molecule has 0 aliphatic heterocycles. The van der Waals surface area contributed by atoms with Crippen LogP contribution in [0.2, 0.25) is 0 Å². The smallest absolute Gasteiger partial charge is 0.237 e. The molecule has 0 spiro atoms. The molecule has 1 aliphatic carbocycles. The summed E-state index contributed by atoms with van der Waals surface area (Å²) in [6.07, 6.45) is 0.346. The molecule has 108 valence electrons. The van der Waals surface area contributed by atoms with Crippen LogP contribution in [-0.4, -0.2) is 29.0 Å². The van der Waals surface area contributed by atoms with E-state index in [1.54, 1.807) is 12.1 Å². The number of benzene rings is 1. The molecule has 0 fully saturated rings. The average molecular weight is 296 g/mol. The molecule has 1 aromatic rings. The van der Waals surface area contributed by atoms with Crippen molar-refractivity contribution in [3.8, 4) is 0 Å². The first-order valence-electron chi connectivity index (χ1n) is 6.50. The van der Waals surface area contributed by atoms with Crippen molar-refractivity contribution in [1.82, 2.24) is 0 Å². The summed E-state index contributed by atoms with van der Waals surface area (Å²) >= 11 is 6.42. The normalized spacial score (nSPS) is 29.4. The summed E-state index contributed by atoms with van der Waals surface area (Å²) in [4.78, 5) is 12.8. The van der Waals surface area contributed by atoms with E-state index in [-0.39, 0.29) is 0 Å². The third kappa shape index (κ3) is 2.79. The van der Waals surface area contributed by atoms with E-state index < -0.39 is 22.8 Å². The number of ether oxygens (including phenoxy) is 1. The summed E-state index contributed by atoms with van der Waals surface area (Å²) in [6.45, 7) is 5.71.